The summed E-state index contributed by atoms with van der Waals surface area (Å²) in [5.74, 6) is -0.0191. The minimum atomic E-state index is -0.611. The van der Waals surface area contributed by atoms with E-state index in [1.165, 1.54) is 6.33 Å². The molecule has 1 amide bonds. The number of carbonyl (C=O) groups is 1. The fourth-order valence-corrected chi connectivity index (χ4v) is 1.91. The molecule has 0 aliphatic rings. The van der Waals surface area contributed by atoms with Gasteiger partial charge >= 0.3 is 5.69 Å². The average molecular weight is 360 g/mol. The van der Waals surface area contributed by atoms with Gasteiger partial charge in [-0.3, -0.25) is 25.8 Å². The monoisotopic (exact) mass is 360 g/mol. The van der Waals surface area contributed by atoms with Crippen molar-refractivity contribution in [3.8, 4) is 5.75 Å². The van der Waals surface area contributed by atoms with Crippen molar-refractivity contribution in [3.63, 3.8) is 0 Å². The molecule has 1 aromatic heterocycles. The summed E-state index contributed by atoms with van der Waals surface area (Å²) in [6.07, 6.45) is 1.93. The Morgan fingerprint density at radius 2 is 1.96 bits per heavy atom. The van der Waals surface area contributed by atoms with Gasteiger partial charge in [0.05, 0.1) is 4.92 Å². The van der Waals surface area contributed by atoms with Gasteiger partial charge in [0.1, 0.15) is 12.1 Å². The van der Waals surface area contributed by atoms with Crippen LogP contribution in [0.1, 0.15) is 20.3 Å². The highest BCUT2D eigenvalue weighted by molar-refractivity contribution is 5.80. The Morgan fingerprint density at radius 1 is 1.27 bits per heavy atom. The first-order chi connectivity index (χ1) is 12.5. The molecule has 2 rings (SSSR count). The van der Waals surface area contributed by atoms with Gasteiger partial charge in [-0.25, -0.2) is 9.97 Å². The lowest BCUT2D eigenvalue weighted by Crippen LogP contribution is -2.34. The van der Waals surface area contributed by atoms with E-state index in [4.69, 9.17) is 4.74 Å². The number of rotatable bonds is 9. The molecule has 0 saturated carbocycles. The first-order valence-electron chi connectivity index (χ1n) is 7.99. The van der Waals surface area contributed by atoms with Gasteiger partial charge in [0.2, 0.25) is 11.6 Å². The standard InChI is InChI=1S/C16H20N6O4/c1-3-11(2)19-15-14(22(24)25)16(18-10-17-15)21-20-13(23)9-26-12-7-5-4-6-8-12/h4-8,10-11H,3,9H2,1-2H3,(H,20,23)(H2,17,18,19,21). The summed E-state index contributed by atoms with van der Waals surface area (Å²) < 4.78 is 5.29. The van der Waals surface area contributed by atoms with Crippen LogP contribution in [-0.2, 0) is 4.79 Å². The fraction of sp³-hybridized carbons (Fsp3) is 0.312. The molecule has 2 aromatic rings. The lowest BCUT2D eigenvalue weighted by Gasteiger charge is -2.14. The van der Waals surface area contributed by atoms with Crippen molar-refractivity contribution in [1.29, 1.82) is 0 Å². The van der Waals surface area contributed by atoms with Gasteiger partial charge in [-0.2, -0.15) is 0 Å². The Bertz CT molecular complexity index is 756. The topological polar surface area (TPSA) is 131 Å². The van der Waals surface area contributed by atoms with E-state index in [0.29, 0.717) is 5.75 Å². The van der Waals surface area contributed by atoms with Crippen LogP contribution in [0, 0.1) is 10.1 Å². The Labute approximate surface area is 150 Å². The number of ether oxygens (including phenoxy) is 1. The Balaban J connectivity index is 2.00. The summed E-state index contributed by atoms with van der Waals surface area (Å²) in [6, 6.07) is 8.80. The lowest BCUT2D eigenvalue weighted by atomic mass is 10.2. The number of benzene rings is 1. The van der Waals surface area contributed by atoms with E-state index >= 15 is 0 Å². The average Bonchev–Trinajstić information content (AvgIpc) is 2.65. The van der Waals surface area contributed by atoms with E-state index in [2.05, 4.69) is 26.1 Å². The minimum Gasteiger partial charge on any atom is -0.484 e. The number of nitrogens with zero attached hydrogens (tertiary/aromatic N) is 3. The number of hydrogen-bond acceptors (Lipinski definition) is 8. The molecule has 1 aromatic carbocycles. The normalized spacial score (nSPS) is 11.3. The van der Waals surface area contributed by atoms with Gasteiger partial charge in [0.25, 0.3) is 5.91 Å². The summed E-state index contributed by atoms with van der Waals surface area (Å²) in [5, 5.41) is 14.3. The van der Waals surface area contributed by atoms with Gasteiger partial charge < -0.3 is 10.1 Å². The maximum atomic E-state index is 11.9. The highest BCUT2D eigenvalue weighted by Crippen LogP contribution is 2.28. The Kier molecular flexibility index (Phi) is 6.66. The van der Waals surface area contributed by atoms with E-state index in [-0.39, 0.29) is 30.0 Å². The molecule has 1 heterocycles. The zero-order valence-electron chi connectivity index (χ0n) is 14.4. The van der Waals surface area contributed by atoms with Gasteiger partial charge in [-0.1, -0.05) is 25.1 Å². The third-order valence-corrected chi connectivity index (χ3v) is 3.43. The molecule has 0 aliphatic carbocycles. The van der Waals surface area contributed by atoms with Crippen LogP contribution in [0.15, 0.2) is 36.7 Å². The number of hydrogen-bond donors (Lipinski definition) is 3. The van der Waals surface area contributed by atoms with Crippen LogP contribution in [-0.4, -0.2) is 33.4 Å². The van der Waals surface area contributed by atoms with E-state index in [0.717, 1.165) is 6.42 Å². The number of hydrazine groups is 1. The second kappa shape index (κ2) is 9.16. The SMILES string of the molecule is CCC(C)Nc1ncnc(NNC(=O)COc2ccccc2)c1[N+](=O)[O-]. The van der Waals surface area contributed by atoms with Crippen molar-refractivity contribution in [3.05, 3.63) is 46.8 Å². The first-order valence-corrected chi connectivity index (χ1v) is 7.99. The molecule has 10 nitrogen and oxygen atoms in total. The van der Waals surface area contributed by atoms with Gasteiger partial charge in [0, 0.05) is 6.04 Å². The van der Waals surface area contributed by atoms with Crippen LogP contribution >= 0.6 is 0 Å². The quantitative estimate of drug-likeness (QED) is 0.458. The molecule has 0 aliphatic heterocycles. The first kappa shape index (κ1) is 18.9. The number of nitro groups is 1. The number of carbonyl (C=O) groups excluding carboxylic acids is 1. The predicted octanol–water partition coefficient (Wildman–Crippen LogP) is 2.12. The van der Waals surface area contributed by atoms with E-state index in [1.807, 2.05) is 19.9 Å². The third-order valence-electron chi connectivity index (χ3n) is 3.43. The van der Waals surface area contributed by atoms with Crippen LogP contribution in [0.3, 0.4) is 0 Å². The van der Waals surface area contributed by atoms with Crippen LogP contribution in [0.25, 0.3) is 0 Å². The van der Waals surface area contributed by atoms with Crippen molar-refractivity contribution in [2.75, 3.05) is 17.3 Å². The van der Waals surface area contributed by atoms with Crippen LogP contribution in [0.5, 0.6) is 5.75 Å². The van der Waals surface area contributed by atoms with Crippen molar-refractivity contribution in [2.24, 2.45) is 0 Å². The van der Waals surface area contributed by atoms with Gasteiger partial charge in [-0.15, -0.1) is 0 Å². The third kappa shape index (κ3) is 5.30. The largest absolute Gasteiger partial charge is 0.484 e. The van der Waals surface area contributed by atoms with Crippen molar-refractivity contribution in [2.45, 2.75) is 26.3 Å². The molecule has 26 heavy (non-hydrogen) atoms. The van der Waals surface area contributed by atoms with Crippen molar-refractivity contribution in [1.82, 2.24) is 15.4 Å². The number of aromatic nitrogens is 2. The van der Waals surface area contributed by atoms with Crippen molar-refractivity contribution >= 4 is 23.2 Å². The van der Waals surface area contributed by atoms with E-state index in [9.17, 15) is 14.9 Å². The Morgan fingerprint density at radius 3 is 2.62 bits per heavy atom. The van der Waals surface area contributed by atoms with Crippen molar-refractivity contribution < 1.29 is 14.5 Å². The fourth-order valence-electron chi connectivity index (χ4n) is 1.91. The minimum absolute atomic E-state index is 0.00897. The molecule has 0 bridgehead atoms. The summed E-state index contributed by atoms with van der Waals surface area (Å²) in [4.78, 5) is 30.4. The zero-order chi connectivity index (χ0) is 18.9. The molecule has 0 saturated heterocycles. The maximum Gasteiger partial charge on any atom is 0.354 e. The second-order valence-electron chi connectivity index (χ2n) is 5.41. The second-order valence-corrected chi connectivity index (χ2v) is 5.41. The molecule has 0 radical (unpaired) electrons. The highest BCUT2D eigenvalue weighted by Gasteiger charge is 2.24. The molecule has 1 atom stereocenters. The highest BCUT2D eigenvalue weighted by atomic mass is 16.6. The Hall–Kier alpha value is -3.43. The predicted molar refractivity (Wildman–Crippen MR) is 95.8 cm³/mol. The molecule has 138 valence electrons. The molecule has 0 fully saturated rings. The molecule has 1 unspecified atom stereocenters. The molecular formula is C16H20N6O4. The van der Waals surface area contributed by atoms with Gasteiger partial charge in [0.15, 0.2) is 6.61 Å². The van der Waals surface area contributed by atoms with Crippen LogP contribution < -0.4 is 20.9 Å². The summed E-state index contributed by atoms with van der Waals surface area (Å²) in [7, 11) is 0. The maximum absolute atomic E-state index is 11.9. The smallest absolute Gasteiger partial charge is 0.354 e. The number of anilines is 2. The summed E-state index contributed by atoms with van der Waals surface area (Å²) in [6.45, 7) is 3.56. The summed E-state index contributed by atoms with van der Waals surface area (Å²) in [5.41, 5.74) is 4.42. The van der Waals surface area contributed by atoms with Gasteiger partial charge in [-0.05, 0) is 25.5 Å². The number of nitrogens with one attached hydrogen (secondary N) is 3. The molecule has 0 spiro atoms. The van der Waals surface area contributed by atoms with E-state index in [1.54, 1.807) is 24.3 Å². The lowest BCUT2D eigenvalue weighted by molar-refractivity contribution is -0.383. The number of para-hydroxylation sites is 1. The zero-order valence-corrected chi connectivity index (χ0v) is 14.4. The van der Waals surface area contributed by atoms with E-state index < -0.39 is 10.8 Å². The van der Waals surface area contributed by atoms with Crippen LogP contribution in [0.2, 0.25) is 0 Å². The molecule has 3 N–H and O–H groups in total. The summed E-state index contributed by atoms with van der Waals surface area (Å²) >= 11 is 0. The molecular weight excluding hydrogens is 340 g/mol. The number of amides is 1. The van der Waals surface area contributed by atoms with Crippen LogP contribution in [0.4, 0.5) is 17.3 Å². The molecule has 10 heteroatoms.